The van der Waals surface area contributed by atoms with Gasteiger partial charge in [-0.15, -0.1) is 0 Å². The van der Waals surface area contributed by atoms with Crippen LogP contribution in [0, 0.1) is 0 Å². The van der Waals surface area contributed by atoms with Crippen LogP contribution in [0.5, 0.6) is 0 Å². The number of hydrogen-bond acceptors (Lipinski definition) is 1. The predicted octanol–water partition coefficient (Wildman–Crippen LogP) is 8.64. The molecule has 0 spiro atoms. The van der Waals surface area contributed by atoms with Crippen LogP contribution in [0.15, 0.2) is 18.2 Å². The molecule has 1 aromatic rings. The van der Waals surface area contributed by atoms with E-state index in [4.69, 9.17) is 5.73 Å². The van der Waals surface area contributed by atoms with E-state index >= 15 is 0 Å². The number of hydrogen-bond donors (Lipinski definition) is 1. The summed E-state index contributed by atoms with van der Waals surface area (Å²) in [6, 6.07) is 6.84. The van der Waals surface area contributed by atoms with Gasteiger partial charge in [0.05, 0.1) is 0 Å². The van der Waals surface area contributed by atoms with Crippen molar-refractivity contribution in [3.05, 3.63) is 29.3 Å². The Labute approximate surface area is 170 Å². The van der Waals surface area contributed by atoms with Crippen molar-refractivity contribution < 1.29 is 0 Å². The number of rotatable bonds is 18. The van der Waals surface area contributed by atoms with Crippen LogP contribution in [-0.2, 0) is 12.8 Å². The lowest BCUT2D eigenvalue weighted by atomic mass is 9.99. The molecule has 0 aromatic heterocycles. The topological polar surface area (TPSA) is 26.0 Å². The van der Waals surface area contributed by atoms with E-state index in [-0.39, 0.29) is 0 Å². The first kappa shape index (κ1) is 24.1. The van der Waals surface area contributed by atoms with Crippen LogP contribution in [0.1, 0.15) is 128 Å². The van der Waals surface area contributed by atoms with Crippen LogP contribution >= 0.6 is 0 Å². The Morgan fingerprint density at radius 1 is 0.556 bits per heavy atom. The van der Waals surface area contributed by atoms with E-state index in [0.717, 1.165) is 12.1 Å². The molecule has 0 atom stereocenters. The number of aryl methyl sites for hydroxylation is 2. The highest BCUT2D eigenvalue weighted by Gasteiger charge is 2.02. The van der Waals surface area contributed by atoms with E-state index < -0.39 is 0 Å². The molecule has 0 bridgehead atoms. The van der Waals surface area contributed by atoms with E-state index in [1.165, 1.54) is 120 Å². The molecule has 0 radical (unpaired) electrons. The second-order valence-electron chi connectivity index (χ2n) is 8.48. The van der Waals surface area contributed by atoms with Gasteiger partial charge in [0.1, 0.15) is 0 Å². The number of unbranched alkanes of at least 4 members (excludes halogenated alkanes) is 14. The summed E-state index contributed by atoms with van der Waals surface area (Å²) in [5.74, 6) is 0. The molecule has 0 fully saturated rings. The molecule has 1 heteroatoms. The average Bonchev–Trinajstić information content (AvgIpc) is 2.67. The normalized spacial score (nSPS) is 11.2. The van der Waals surface area contributed by atoms with Crippen LogP contribution in [0.4, 0.5) is 5.69 Å². The zero-order valence-corrected chi connectivity index (χ0v) is 18.5. The summed E-state index contributed by atoms with van der Waals surface area (Å²) in [6.07, 6.45) is 24.5. The Bertz CT molecular complexity index is 452. The van der Waals surface area contributed by atoms with E-state index in [9.17, 15) is 0 Å². The fraction of sp³-hybridized carbons (Fsp3) is 0.769. The summed E-state index contributed by atoms with van der Waals surface area (Å²) in [5, 5.41) is 0. The minimum Gasteiger partial charge on any atom is -0.398 e. The van der Waals surface area contributed by atoms with Gasteiger partial charge in [-0.3, -0.25) is 0 Å². The maximum atomic E-state index is 6.32. The average molecular weight is 374 g/mol. The molecule has 0 heterocycles. The summed E-state index contributed by atoms with van der Waals surface area (Å²) in [6.45, 7) is 4.57. The standard InChI is InChI=1S/C26H47N/c1-3-5-7-9-11-13-15-17-19-24-21-22-25(26(27)23-24)20-18-16-14-12-10-8-6-4-2/h21-23H,3-20,27H2,1-2H3. The smallest absolute Gasteiger partial charge is 0.0349 e. The Hall–Kier alpha value is -0.980. The Balaban J connectivity index is 2.09. The molecule has 0 aliphatic heterocycles. The zero-order valence-electron chi connectivity index (χ0n) is 18.5. The predicted molar refractivity (Wildman–Crippen MR) is 123 cm³/mol. The zero-order chi connectivity index (χ0) is 19.6. The lowest BCUT2D eigenvalue weighted by molar-refractivity contribution is 0.575. The van der Waals surface area contributed by atoms with Crippen LogP contribution in [0.3, 0.4) is 0 Å². The molecular weight excluding hydrogens is 326 g/mol. The van der Waals surface area contributed by atoms with E-state index in [2.05, 4.69) is 32.0 Å². The van der Waals surface area contributed by atoms with Crippen molar-refractivity contribution in [2.45, 2.75) is 129 Å². The van der Waals surface area contributed by atoms with Crippen molar-refractivity contribution >= 4 is 5.69 Å². The molecule has 27 heavy (non-hydrogen) atoms. The lowest BCUT2D eigenvalue weighted by Crippen LogP contribution is -1.97. The molecule has 1 rings (SSSR count). The fourth-order valence-corrected chi connectivity index (χ4v) is 3.94. The van der Waals surface area contributed by atoms with Gasteiger partial charge in [-0.25, -0.2) is 0 Å². The van der Waals surface area contributed by atoms with E-state index in [0.29, 0.717) is 0 Å². The maximum Gasteiger partial charge on any atom is 0.0349 e. The third kappa shape index (κ3) is 12.9. The second kappa shape index (κ2) is 17.1. The Morgan fingerprint density at radius 3 is 1.48 bits per heavy atom. The van der Waals surface area contributed by atoms with Gasteiger partial charge in [0, 0.05) is 5.69 Å². The molecule has 156 valence electrons. The molecule has 1 aromatic carbocycles. The molecule has 0 unspecified atom stereocenters. The molecule has 2 N–H and O–H groups in total. The van der Waals surface area contributed by atoms with Gasteiger partial charge in [0.25, 0.3) is 0 Å². The van der Waals surface area contributed by atoms with Crippen molar-refractivity contribution in [3.63, 3.8) is 0 Å². The summed E-state index contributed by atoms with van der Waals surface area (Å²) < 4.78 is 0. The SMILES string of the molecule is CCCCCCCCCCc1ccc(CCCCCCCCCC)c(N)c1. The number of anilines is 1. The molecule has 1 nitrogen and oxygen atoms in total. The number of nitrogen functional groups attached to an aromatic ring is 1. The summed E-state index contributed by atoms with van der Waals surface area (Å²) in [4.78, 5) is 0. The highest BCUT2D eigenvalue weighted by molar-refractivity contribution is 5.49. The molecule has 0 saturated heterocycles. The van der Waals surface area contributed by atoms with Gasteiger partial charge in [-0.2, -0.15) is 0 Å². The third-order valence-electron chi connectivity index (χ3n) is 5.83. The fourth-order valence-electron chi connectivity index (χ4n) is 3.94. The molecule has 0 aliphatic carbocycles. The lowest BCUT2D eigenvalue weighted by Gasteiger charge is -2.09. The van der Waals surface area contributed by atoms with Gasteiger partial charge in [-0.05, 0) is 42.9 Å². The second-order valence-corrected chi connectivity index (χ2v) is 8.48. The van der Waals surface area contributed by atoms with Gasteiger partial charge >= 0.3 is 0 Å². The van der Waals surface area contributed by atoms with Gasteiger partial charge in [0.15, 0.2) is 0 Å². The van der Waals surface area contributed by atoms with Crippen LogP contribution in [-0.4, -0.2) is 0 Å². The van der Waals surface area contributed by atoms with Crippen molar-refractivity contribution in [2.75, 3.05) is 5.73 Å². The number of nitrogens with two attached hydrogens (primary N) is 1. The van der Waals surface area contributed by atoms with Crippen molar-refractivity contribution in [1.82, 2.24) is 0 Å². The van der Waals surface area contributed by atoms with Crippen LogP contribution in [0.2, 0.25) is 0 Å². The highest BCUT2D eigenvalue weighted by atomic mass is 14.6. The van der Waals surface area contributed by atoms with E-state index in [1.807, 2.05) is 0 Å². The Kier molecular flexibility index (Phi) is 15.3. The van der Waals surface area contributed by atoms with Gasteiger partial charge in [0.2, 0.25) is 0 Å². The van der Waals surface area contributed by atoms with E-state index in [1.54, 1.807) is 0 Å². The largest absolute Gasteiger partial charge is 0.398 e. The van der Waals surface area contributed by atoms with Crippen molar-refractivity contribution in [2.24, 2.45) is 0 Å². The van der Waals surface area contributed by atoms with Crippen molar-refractivity contribution in [3.8, 4) is 0 Å². The quantitative estimate of drug-likeness (QED) is 0.202. The minimum atomic E-state index is 1.02. The van der Waals surface area contributed by atoms with Crippen molar-refractivity contribution in [1.29, 1.82) is 0 Å². The monoisotopic (exact) mass is 373 g/mol. The molecule has 0 aliphatic rings. The highest BCUT2D eigenvalue weighted by Crippen LogP contribution is 2.20. The number of benzene rings is 1. The molecule has 0 saturated carbocycles. The first-order valence-corrected chi connectivity index (χ1v) is 12.1. The minimum absolute atomic E-state index is 1.02. The first-order chi connectivity index (χ1) is 13.3. The first-order valence-electron chi connectivity index (χ1n) is 12.1. The van der Waals surface area contributed by atoms with Gasteiger partial charge in [-0.1, -0.05) is 116 Å². The van der Waals surface area contributed by atoms with Crippen LogP contribution < -0.4 is 5.73 Å². The Morgan fingerprint density at radius 2 is 1.00 bits per heavy atom. The summed E-state index contributed by atoms with van der Waals surface area (Å²) >= 11 is 0. The summed E-state index contributed by atoms with van der Waals surface area (Å²) in [7, 11) is 0. The third-order valence-corrected chi connectivity index (χ3v) is 5.83. The molecule has 0 amide bonds. The van der Waals surface area contributed by atoms with Crippen LogP contribution in [0.25, 0.3) is 0 Å². The van der Waals surface area contributed by atoms with Gasteiger partial charge < -0.3 is 5.73 Å². The summed E-state index contributed by atoms with van der Waals surface area (Å²) in [5.41, 5.74) is 10.1. The maximum absolute atomic E-state index is 6.32. The molecular formula is C26H47N.